The van der Waals surface area contributed by atoms with Gasteiger partial charge in [-0.15, -0.1) is 11.3 Å². The quantitative estimate of drug-likeness (QED) is 0.680. The van der Waals surface area contributed by atoms with Crippen LogP contribution in [-0.4, -0.2) is 35.4 Å². The largest absolute Gasteiger partial charge is 0.324 e. The minimum absolute atomic E-state index is 0.128. The summed E-state index contributed by atoms with van der Waals surface area (Å²) in [5, 5.41) is 13.7. The molecule has 7 heteroatoms. The zero-order chi connectivity index (χ0) is 19.5. The number of benzene rings is 2. The summed E-state index contributed by atoms with van der Waals surface area (Å²) < 4.78 is 1.23. The summed E-state index contributed by atoms with van der Waals surface area (Å²) in [6, 6.07) is 15.2. The number of carbonyl (C=O) groups excluding carboxylic acids is 1. The Bertz CT molecular complexity index is 1020. The Labute approximate surface area is 172 Å². The van der Waals surface area contributed by atoms with Gasteiger partial charge >= 0.3 is 0 Å². The van der Waals surface area contributed by atoms with Crippen molar-refractivity contribution in [2.75, 3.05) is 25.0 Å². The fourth-order valence-corrected chi connectivity index (χ4v) is 4.82. The summed E-state index contributed by atoms with van der Waals surface area (Å²) in [5.41, 5.74) is 1.94. The van der Waals surface area contributed by atoms with Crippen LogP contribution in [0.1, 0.15) is 29.3 Å². The molecule has 2 aromatic carbocycles. The Morgan fingerprint density at radius 1 is 1.29 bits per heavy atom. The molecule has 1 fully saturated rings. The first kappa shape index (κ1) is 18.9. The number of hydrogen-bond acceptors (Lipinski definition) is 5. The predicted molar refractivity (Wildman–Crippen MR) is 113 cm³/mol. The van der Waals surface area contributed by atoms with Crippen molar-refractivity contribution < 1.29 is 4.79 Å². The molecule has 28 heavy (non-hydrogen) atoms. The van der Waals surface area contributed by atoms with Gasteiger partial charge in [0.2, 0.25) is 5.91 Å². The van der Waals surface area contributed by atoms with Gasteiger partial charge in [-0.05, 0) is 56.3 Å². The number of halogens is 1. The molecule has 1 saturated heterocycles. The van der Waals surface area contributed by atoms with Gasteiger partial charge in [-0.2, -0.15) is 5.26 Å². The maximum Gasteiger partial charge on any atom is 0.238 e. The zero-order valence-corrected chi connectivity index (χ0v) is 16.8. The molecule has 5 nitrogen and oxygen atoms in total. The van der Waals surface area contributed by atoms with Crippen molar-refractivity contribution in [3.8, 4) is 6.07 Å². The number of amides is 1. The van der Waals surface area contributed by atoms with Gasteiger partial charge in [-0.25, -0.2) is 4.98 Å². The topological polar surface area (TPSA) is 69.0 Å². The van der Waals surface area contributed by atoms with E-state index in [1.165, 1.54) is 9.71 Å². The van der Waals surface area contributed by atoms with E-state index >= 15 is 0 Å². The lowest BCUT2D eigenvalue weighted by Crippen LogP contribution is -2.38. The van der Waals surface area contributed by atoms with E-state index in [1.54, 1.807) is 29.5 Å². The lowest BCUT2D eigenvalue weighted by Gasteiger charge is -2.30. The highest BCUT2D eigenvalue weighted by atomic mass is 35.5. The highest BCUT2D eigenvalue weighted by Gasteiger charge is 2.24. The molecule has 1 aliphatic heterocycles. The first-order valence-corrected chi connectivity index (χ1v) is 10.4. The molecule has 1 aromatic heterocycles. The van der Waals surface area contributed by atoms with Crippen LogP contribution in [0.25, 0.3) is 10.2 Å². The molecule has 4 rings (SSSR count). The van der Waals surface area contributed by atoms with Gasteiger partial charge in [0.05, 0.1) is 33.0 Å². The van der Waals surface area contributed by atoms with Gasteiger partial charge in [0.25, 0.3) is 0 Å². The van der Waals surface area contributed by atoms with E-state index in [0.717, 1.165) is 31.4 Å². The third-order valence-electron chi connectivity index (χ3n) is 4.99. The number of nitrogens with one attached hydrogen (secondary N) is 1. The number of para-hydroxylation sites is 1. The van der Waals surface area contributed by atoms with Crippen LogP contribution in [0.2, 0.25) is 5.02 Å². The molecule has 0 radical (unpaired) electrons. The highest BCUT2D eigenvalue weighted by molar-refractivity contribution is 7.18. The van der Waals surface area contributed by atoms with Crippen LogP contribution in [0, 0.1) is 11.3 Å². The van der Waals surface area contributed by atoms with Crippen molar-refractivity contribution in [2.45, 2.75) is 18.8 Å². The van der Waals surface area contributed by atoms with Crippen molar-refractivity contribution in [1.82, 2.24) is 9.88 Å². The number of aromatic nitrogens is 1. The standard InChI is InChI=1S/C21H19ClN4OS/c22-16-6-5-15(12-23)18(11-16)24-20(27)13-26-9-7-14(8-10-26)21-25-17-3-1-2-4-19(17)28-21/h1-6,11,14H,7-10,13H2,(H,24,27). The van der Waals surface area contributed by atoms with Gasteiger partial charge < -0.3 is 5.32 Å². The molecule has 0 aliphatic carbocycles. The molecule has 1 amide bonds. The number of likely N-dealkylation sites (tertiary alicyclic amines) is 1. The molecule has 1 N–H and O–H groups in total. The zero-order valence-electron chi connectivity index (χ0n) is 15.2. The molecule has 0 saturated carbocycles. The van der Waals surface area contributed by atoms with Gasteiger partial charge in [0, 0.05) is 10.9 Å². The number of thiazole rings is 1. The molecule has 142 valence electrons. The number of nitrogens with zero attached hydrogens (tertiary/aromatic N) is 3. The number of fused-ring (bicyclic) bond motifs is 1. The summed E-state index contributed by atoms with van der Waals surface area (Å²) in [6.07, 6.45) is 1.99. The second-order valence-corrected chi connectivity index (χ2v) is 8.42. The average Bonchev–Trinajstić information content (AvgIpc) is 3.13. The predicted octanol–water partition coefficient (Wildman–Crippen LogP) is 4.64. The summed E-state index contributed by atoms with van der Waals surface area (Å²) in [7, 11) is 0. The molecular formula is C21H19ClN4OS. The molecule has 1 aliphatic rings. The highest BCUT2D eigenvalue weighted by Crippen LogP contribution is 2.33. The number of piperidine rings is 1. The maximum atomic E-state index is 12.4. The molecule has 0 atom stereocenters. The lowest BCUT2D eigenvalue weighted by atomic mass is 9.97. The first-order chi connectivity index (χ1) is 13.6. The van der Waals surface area contributed by atoms with Crippen LogP contribution in [0.5, 0.6) is 0 Å². The SMILES string of the molecule is N#Cc1ccc(Cl)cc1NC(=O)CN1CCC(c2nc3ccccc3s2)CC1. The van der Waals surface area contributed by atoms with E-state index in [4.69, 9.17) is 16.6 Å². The van der Waals surface area contributed by atoms with E-state index in [1.807, 2.05) is 12.1 Å². The minimum atomic E-state index is -0.128. The summed E-state index contributed by atoms with van der Waals surface area (Å²) >= 11 is 7.75. The number of carbonyl (C=O) groups is 1. The number of hydrogen-bond donors (Lipinski definition) is 1. The number of anilines is 1. The molecule has 2 heterocycles. The number of nitriles is 1. The van der Waals surface area contributed by atoms with Gasteiger partial charge in [0.1, 0.15) is 6.07 Å². The molecule has 0 bridgehead atoms. The normalized spacial score (nSPS) is 15.4. The lowest BCUT2D eigenvalue weighted by molar-refractivity contribution is -0.117. The Morgan fingerprint density at radius 2 is 2.07 bits per heavy atom. The minimum Gasteiger partial charge on any atom is -0.324 e. The Hall–Kier alpha value is -2.46. The van der Waals surface area contributed by atoms with Crippen LogP contribution in [0.3, 0.4) is 0 Å². The van der Waals surface area contributed by atoms with Crippen LogP contribution in [0.4, 0.5) is 5.69 Å². The Morgan fingerprint density at radius 3 is 2.82 bits per heavy atom. The average molecular weight is 411 g/mol. The fraction of sp³-hybridized carbons (Fsp3) is 0.286. The second kappa shape index (κ2) is 8.27. The van der Waals surface area contributed by atoms with E-state index in [-0.39, 0.29) is 5.91 Å². The summed E-state index contributed by atoms with van der Waals surface area (Å²) in [4.78, 5) is 19.3. The third kappa shape index (κ3) is 4.17. The summed E-state index contributed by atoms with van der Waals surface area (Å²) in [6.45, 7) is 2.02. The first-order valence-electron chi connectivity index (χ1n) is 9.19. The third-order valence-corrected chi connectivity index (χ3v) is 6.42. The van der Waals surface area contributed by atoms with E-state index in [9.17, 15) is 10.1 Å². The van der Waals surface area contributed by atoms with E-state index < -0.39 is 0 Å². The van der Waals surface area contributed by atoms with Gasteiger partial charge in [-0.1, -0.05) is 23.7 Å². The fourth-order valence-electron chi connectivity index (χ4n) is 3.51. The monoisotopic (exact) mass is 410 g/mol. The summed E-state index contributed by atoms with van der Waals surface area (Å²) in [5.74, 6) is 0.326. The Kier molecular flexibility index (Phi) is 5.58. The molecule has 0 unspecified atom stereocenters. The van der Waals surface area contributed by atoms with E-state index in [0.29, 0.717) is 28.7 Å². The van der Waals surface area contributed by atoms with Crippen molar-refractivity contribution >= 4 is 44.7 Å². The smallest absolute Gasteiger partial charge is 0.238 e. The van der Waals surface area contributed by atoms with Gasteiger partial charge in [0.15, 0.2) is 0 Å². The van der Waals surface area contributed by atoms with Crippen LogP contribution in [-0.2, 0) is 4.79 Å². The van der Waals surface area contributed by atoms with Crippen LogP contribution < -0.4 is 5.32 Å². The van der Waals surface area contributed by atoms with Gasteiger partial charge in [-0.3, -0.25) is 9.69 Å². The second-order valence-electron chi connectivity index (χ2n) is 6.92. The molecule has 0 spiro atoms. The van der Waals surface area contributed by atoms with Crippen LogP contribution >= 0.6 is 22.9 Å². The van der Waals surface area contributed by atoms with Crippen molar-refractivity contribution in [3.05, 3.63) is 58.1 Å². The molecule has 3 aromatic rings. The van der Waals surface area contributed by atoms with E-state index in [2.05, 4.69) is 28.4 Å². The molecular weight excluding hydrogens is 392 g/mol. The van der Waals surface area contributed by atoms with Crippen molar-refractivity contribution in [1.29, 1.82) is 5.26 Å². The van der Waals surface area contributed by atoms with Crippen molar-refractivity contribution in [2.24, 2.45) is 0 Å². The van der Waals surface area contributed by atoms with Crippen molar-refractivity contribution in [3.63, 3.8) is 0 Å². The maximum absolute atomic E-state index is 12.4. The Balaban J connectivity index is 1.33. The number of rotatable bonds is 4. The van der Waals surface area contributed by atoms with Crippen LogP contribution in [0.15, 0.2) is 42.5 Å².